The van der Waals surface area contributed by atoms with Gasteiger partial charge in [0.2, 0.25) is 0 Å². The first-order chi connectivity index (χ1) is 10.0. The van der Waals surface area contributed by atoms with Gasteiger partial charge in [0.1, 0.15) is 5.69 Å². The van der Waals surface area contributed by atoms with Gasteiger partial charge in [-0.2, -0.15) is 0 Å². The van der Waals surface area contributed by atoms with Gasteiger partial charge in [0.15, 0.2) is 0 Å². The van der Waals surface area contributed by atoms with Crippen molar-refractivity contribution in [2.45, 2.75) is 52.5 Å². The Morgan fingerprint density at radius 3 is 2.62 bits per heavy atom. The lowest BCUT2D eigenvalue weighted by atomic mass is 9.78. The molecule has 4 heteroatoms. The number of rotatable bonds is 6. The molecule has 1 heterocycles. The van der Waals surface area contributed by atoms with Crippen molar-refractivity contribution < 1.29 is 4.79 Å². The van der Waals surface area contributed by atoms with Crippen LogP contribution < -0.4 is 11.1 Å². The Bertz CT molecular complexity index is 461. The van der Waals surface area contributed by atoms with E-state index in [4.69, 9.17) is 5.73 Å². The molecule has 1 aromatic heterocycles. The fraction of sp³-hybridized carbons (Fsp3) is 0.647. The van der Waals surface area contributed by atoms with E-state index in [1.165, 1.54) is 32.1 Å². The minimum absolute atomic E-state index is 0.0754. The van der Waals surface area contributed by atoms with Crippen LogP contribution in [0.1, 0.15) is 62.0 Å². The summed E-state index contributed by atoms with van der Waals surface area (Å²) in [7, 11) is 0. The minimum Gasteiger partial charge on any atom is -0.350 e. The predicted molar refractivity (Wildman–Crippen MR) is 84.8 cm³/mol. The number of nitrogens with zero attached hydrogens (tertiary/aromatic N) is 1. The molecule has 0 saturated heterocycles. The lowest BCUT2D eigenvalue weighted by molar-refractivity contribution is 0.0917. The molecule has 1 saturated carbocycles. The summed E-state index contributed by atoms with van der Waals surface area (Å²) in [5, 5.41) is 3.09. The Morgan fingerprint density at radius 2 is 2.10 bits per heavy atom. The number of hydrogen-bond donors (Lipinski definition) is 2. The quantitative estimate of drug-likeness (QED) is 0.846. The second-order valence-electron chi connectivity index (χ2n) is 6.74. The molecule has 0 radical (unpaired) electrons. The average molecular weight is 289 g/mol. The van der Waals surface area contributed by atoms with Crippen LogP contribution in [0.25, 0.3) is 0 Å². The molecule has 0 aliphatic heterocycles. The maximum Gasteiger partial charge on any atom is 0.269 e. The zero-order valence-electron chi connectivity index (χ0n) is 13.2. The molecule has 2 rings (SSSR count). The molecule has 1 amide bonds. The minimum atomic E-state index is -0.0754. The van der Waals surface area contributed by atoms with Crippen LogP contribution in [-0.4, -0.2) is 17.4 Å². The number of nitrogens with one attached hydrogen (secondary N) is 1. The number of carbonyl (C=O) groups excluding carboxylic acids is 1. The molecule has 4 nitrogen and oxygen atoms in total. The summed E-state index contributed by atoms with van der Waals surface area (Å²) in [6.45, 7) is 5.74. The van der Waals surface area contributed by atoms with Crippen LogP contribution in [0.15, 0.2) is 18.3 Å². The van der Waals surface area contributed by atoms with E-state index in [-0.39, 0.29) is 5.91 Å². The van der Waals surface area contributed by atoms with E-state index in [1.54, 1.807) is 12.3 Å². The third kappa shape index (κ3) is 4.27. The highest BCUT2D eigenvalue weighted by Gasteiger charge is 2.34. The van der Waals surface area contributed by atoms with Crippen LogP contribution in [0.3, 0.4) is 0 Å². The first-order valence-corrected chi connectivity index (χ1v) is 7.98. The summed E-state index contributed by atoms with van der Waals surface area (Å²) in [4.78, 5) is 16.4. The average Bonchev–Trinajstić information content (AvgIpc) is 2.93. The summed E-state index contributed by atoms with van der Waals surface area (Å²) in [5.41, 5.74) is 7.25. The summed E-state index contributed by atoms with van der Waals surface area (Å²) >= 11 is 0. The third-order valence-electron chi connectivity index (χ3n) is 4.42. The van der Waals surface area contributed by atoms with Gasteiger partial charge in [-0.25, -0.2) is 0 Å². The Morgan fingerprint density at radius 1 is 1.38 bits per heavy atom. The van der Waals surface area contributed by atoms with Gasteiger partial charge >= 0.3 is 0 Å². The first-order valence-electron chi connectivity index (χ1n) is 7.98. The lowest BCUT2D eigenvalue weighted by Gasteiger charge is -2.31. The smallest absolute Gasteiger partial charge is 0.269 e. The maximum absolute atomic E-state index is 12.2. The Labute approximate surface area is 127 Å². The monoisotopic (exact) mass is 289 g/mol. The normalized spacial score (nSPS) is 17.1. The van der Waals surface area contributed by atoms with Crippen molar-refractivity contribution in [3.63, 3.8) is 0 Å². The van der Waals surface area contributed by atoms with E-state index in [1.807, 2.05) is 6.07 Å². The molecule has 116 valence electrons. The Kier molecular flexibility index (Phi) is 5.34. The third-order valence-corrected chi connectivity index (χ3v) is 4.42. The van der Waals surface area contributed by atoms with Crippen LogP contribution in [0.2, 0.25) is 0 Å². The fourth-order valence-corrected chi connectivity index (χ4v) is 3.48. The molecular weight excluding hydrogens is 262 g/mol. The second kappa shape index (κ2) is 7.03. The molecule has 1 aromatic rings. The molecule has 1 aliphatic carbocycles. The topological polar surface area (TPSA) is 68.0 Å². The summed E-state index contributed by atoms with van der Waals surface area (Å²) in [5.74, 6) is 0.593. The number of nitrogens with two attached hydrogens (primary N) is 1. The van der Waals surface area contributed by atoms with Crippen molar-refractivity contribution in [2.75, 3.05) is 6.54 Å². The van der Waals surface area contributed by atoms with E-state index in [0.717, 1.165) is 12.1 Å². The number of carbonyl (C=O) groups is 1. The largest absolute Gasteiger partial charge is 0.350 e. The second-order valence-corrected chi connectivity index (χ2v) is 6.74. The van der Waals surface area contributed by atoms with Crippen molar-refractivity contribution in [2.24, 2.45) is 17.1 Å². The molecule has 0 bridgehead atoms. The van der Waals surface area contributed by atoms with Gasteiger partial charge < -0.3 is 11.1 Å². The summed E-state index contributed by atoms with van der Waals surface area (Å²) < 4.78 is 0. The van der Waals surface area contributed by atoms with Crippen molar-refractivity contribution in [1.82, 2.24) is 10.3 Å². The van der Waals surface area contributed by atoms with Crippen LogP contribution in [0.5, 0.6) is 0 Å². The van der Waals surface area contributed by atoms with E-state index >= 15 is 0 Å². The molecule has 0 aromatic carbocycles. The Hall–Kier alpha value is -1.42. The number of aromatic nitrogens is 1. The molecule has 0 unspecified atom stereocenters. The highest BCUT2D eigenvalue weighted by Crippen LogP contribution is 2.42. The molecule has 3 N–H and O–H groups in total. The van der Waals surface area contributed by atoms with Crippen molar-refractivity contribution in [1.29, 1.82) is 0 Å². The number of pyridine rings is 1. The van der Waals surface area contributed by atoms with Crippen LogP contribution in [-0.2, 0) is 6.54 Å². The summed E-state index contributed by atoms with van der Waals surface area (Å²) in [6, 6.07) is 3.61. The van der Waals surface area contributed by atoms with Gasteiger partial charge in [0.25, 0.3) is 5.91 Å². The highest BCUT2D eigenvalue weighted by molar-refractivity contribution is 5.92. The Balaban J connectivity index is 1.95. The van der Waals surface area contributed by atoms with E-state index in [9.17, 15) is 4.79 Å². The van der Waals surface area contributed by atoms with E-state index in [0.29, 0.717) is 23.6 Å². The fourth-order valence-electron chi connectivity index (χ4n) is 3.48. The van der Waals surface area contributed by atoms with E-state index < -0.39 is 0 Å². The lowest BCUT2D eigenvalue weighted by Crippen LogP contribution is -2.37. The van der Waals surface area contributed by atoms with Gasteiger partial charge in [-0.15, -0.1) is 0 Å². The molecule has 1 aliphatic rings. The molecule has 0 spiro atoms. The molecule has 21 heavy (non-hydrogen) atoms. The van der Waals surface area contributed by atoms with Gasteiger partial charge in [-0.1, -0.05) is 32.8 Å². The van der Waals surface area contributed by atoms with Gasteiger partial charge in [-0.3, -0.25) is 9.78 Å². The van der Waals surface area contributed by atoms with Crippen LogP contribution in [0.4, 0.5) is 0 Å². The molecule has 0 atom stereocenters. The van der Waals surface area contributed by atoms with Gasteiger partial charge in [0.05, 0.1) is 0 Å². The zero-order valence-corrected chi connectivity index (χ0v) is 13.2. The number of amides is 1. The van der Waals surface area contributed by atoms with Crippen molar-refractivity contribution >= 4 is 5.91 Å². The highest BCUT2D eigenvalue weighted by atomic mass is 16.1. The molecule has 1 fully saturated rings. The van der Waals surface area contributed by atoms with Gasteiger partial charge in [-0.05, 0) is 42.2 Å². The zero-order chi connectivity index (χ0) is 15.3. The van der Waals surface area contributed by atoms with Gasteiger partial charge in [0, 0.05) is 19.3 Å². The molecular formula is C17H27N3O. The maximum atomic E-state index is 12.2. The van der Waals surface area contributed by atoms with Crippen molar-refractivity contribution in [3.8, 4) is 0 Å². The van der Waals surface area contributed by atoms with Crippen LogP contribution in [0, 0.1) is 11.3 Å². The standard InChI is InChI=1S/C17H27N3O/c1-13(2)9-17(7-3-4-8-17)12-20-16(21)15-6-5-14(10-18)11-19-15/h5-6,11,13H,3-4,7-10,12,18H2,1-2H3,(H,20,21). The van der Waals surface area contributed by atoms with Crippen molar-refractivity contribution in [3.05, 3.63) is 29.6 Å². The SMILES string of the molecule is CC(C)CC1(CNC(=O)c2ccc(CN)cn2)CCCC1. The predicted octanol–water partition coefficient (Wildman–Crippen LogP) is 2.88. The van der Waals surface area contributed by atoms with E-state index in [2.05, 4.69) is 24.1 Å². The van der Waals surface area contributed by atoms with Crippen LogP contribution >= 0.6 is 0 Å². The first kappa shape index (κ1) is 16.0. The summed E-state index contributed by atoms with van der Waals surface area (Å²) in [6.07, 6.45) is 7.88. The number of hydrogen-bond acceptors (Lipinski definition) is 3.